The van der Waals surface area contributed by atoms with E-state index in [2.05, 4.69) is 20.8 Å². The van der Waals surface area contributed by atoms with Crippen LogP contribution in [0.2, 0.25) is 0 Å². The van der Waals surface area contributed by atoms with Gasteiger partial charge in [0, 0.05) is 102 Å². The number of hydrogen-bond donors (Lipinski definition) is 4. The molecule has 0 radical (unpaired) electrons. The van der Waals surface area contributed by atoms with Gasteiger partial charge in [-0.25, -0.2) is 13.6 Å². The van der Waals surface area contributed by atoms with E-state index in [1.165, 1.54) is 67.0 Å². The Morgan fingerprint density at radius 1 is 0.592 bits per heavy atom. The van der Waals surface area contributed by atoms with Crippen LogP contribution in [0.1, 0.15) is 59.1 Å². The van der Waals surface area contributed by atoms with Crippen LogP contribution in [0.5, 0.6) is 34.5 Å². The number of nitrogens with one attached hydrogen (secondary N) is 3. The molecule has 0 aliphatic carbocycles. The number of rotatable bonds is 18. The van der Waals surface area contributed by atoms with Crippen molar-refractivity contribution in [3.05, 3.63) is 156 Å². The van der Waals surface area contributed by atoms with Gasteiger partial charge >= 0.3 is 5.97 Å². The summed E-state index contributed by atoms with van der Waals surface area (Å²) in [5, 5.41) is 9.38. The van der Waals surface area contributed by atoms with Crippen molar-refractivity contribution >= 4 is 58.3 Å². The van der Waals surface area contributed by atoms with Gasteiger partial charge in [-0.1, -0.05) is 43.8 Å². The van der Waals surface area contributed by atoms with Gasteiger partial charge in [0.05, 0.1) is 52.0 Å². The summed E-state index contributed by atoms with van der Waals surface area (Å²) in [4.78, 5) is 75.5. The van der Waals surface area contributed by atoms with Crippen molar-refractivity contribution in [1.82, 2.24) is 10.4 Å². The molecule has 6 aromatic rings. The van der Waals surface area contributed by atoms with Crippen LogP contribution in [0.25, 0.3) is 0 Å². The number of imide groups is 1. The van der Waals surface area contributed by atoms with E-state index in [0.29, 0.717) is 62.2 Å². The second kappa shape index (κ2) is 31.2. The van der Waals surface area contributed by atoms with Crippen molar-refractivity contribution < 1.29 is 99.1 Å². The normalized spacial score (nSPS) is 11.1. The van der Waals surface area contributed by atoms with E-state index in [1.54, 1.807) is 62.8 Å². The molecule has 21 heteroatoms. The van der Waals surface area contributed by atoms with Crippen molar-refractivity contribution in [1.29, 1.82) is 0 Å². The first-order chi connectivity index (χ1) is 35.5. The third kappa shape index (κ3) is 18.9. The second-order valence-corrected chi connectivity index (χ2v) is 15.9. The Labute approximate surface area is 470 Å². The largest absolute Gasteiger partial charge is 0.497 e. The minimum Gasteiger partial charge on any atom is -0.497 e. The zero-order valence-electron chi connectivity index (χ0n) is 42.0. The number of amides is 5. The monoisotopic (exact) mass is 1070 g/mol. The molecule has 6 aromatic carbocycles. The Morgan fingerprint density at radius 2 is 1.01 bits per heavy atom. The average molecular weight is 1070 g/mol. The van der Waals surface area contributed by atoms with Crippen LogP contribution < -0.4 is 50.4 Å². The molecular weight excluding hydrogens is 1010 g/mol. The number of halogens is 2. The fourth-order valence-electron chi connectivity index (χ4n) is 7.04. The number of carbonyl (C=O) groups excluding carboxylic acids is 6. The average Bonchev–Trinajstić information content (AvgIpc) is 3.69. The predicted molar refractivity (Wildman–Crippen MR) is 280 cm³/mol. The number of nitrogens with two attached hydrogens (primary N) is 1. The summed E-state index contributed by atoms with van der Waals surface area (Å²) in [6, 6.07) is 37.1. The molecule has 7 rings (SSSR count). The van der Waals surface area contributed by atoms with Gasteiger partial charge in [0.2, 0.25) is 17.7 Å². The van der Waals surface area contributed by atoms with E-state index in [0.717, 1.165) is 18.2 Å². The summed E-state index contributed by atoms with van der Waals surface area (Å²) in [5.41, 5.74) is 9.19. The molecule has 0 aromatic heterocycles. The fourth-order valence-corrected chi connectivity index (χ4v) is 7.04. The number of para-hydroxylation sites is 2. The molecule has 1 aliphatic heterocycles. The summed E-state index contributed by atoms with van der Waals surface area (Å²) in [6.45, 7) is 6.10. The number of benzene rings is 6. The number of nitrogens with zero attached hydrogens (tertiary/aromatic N) is 3. The minimum absolute atomic E-state index is 0. The number of hydroxylamine groups is 2. The molecule has 76 heavy (non-hydrogen) atoms. The third-order valence-corrected chi connectivity index (χ3v) is 10.5. The van der Waals surface area contributed by atoms with Crippen molar-refractivity contribution in [3.8, 4) is 34.5 Å². The van der Waals surface area contributed by atoms with Gasteiger partial charge in [0.25, 0.3) is 11.8 Å². The van der Waals surface area contributed by atoms with E-state index >= 15 is 0 Å². The first kappa shape index (κ1) is 62.5. The molecule has 0 spiro atoms. The molecule has 5 N–H and O–H groups in total. The number of carbonyl (C=O) groups is 6. The smallest absolute Gasteiger partial charge is 0.330 e. The summed E-state index contributed by atoms with van der Waals surface area (Å²) in [7, 11) is 3.11. The molecule has 0 atom stereocenters. The maximum atomic E-state index is 14.2. The van der Waals surface area contributed by atoms with Gasteiger partial charge in [-0.3, -0.25) is 24.0 Å². The van der Waals surface area contributed by atoms with Gasteiger partial charge in [-0.15, -0.1) is 5.06 Å². The van der Waals surface area contributed by atoms with Crippen LogP contribution in [0.3, 0.4) is 0 Å². The first-order valence-corrected chi connectivity index (χ1v) is 22.9. The molecule has 5 amide bonds. The van der Waals surface area contributed by atoms with Crippen molar-refractivity contribution in [2.75, 3.05) is 48.0 Å². The number of methoxy groups -OCH3 is 2. The van der Waals surface area contributed by atoms with Gasteiger partial charge in [-0.05, 0) is 96.1 Å². The Kier molecular flexibility index (Phi) is 25.7. The van der Waals surface area contributed by atoms with Crippen LogP contribution in [-0.2, 0) is 46.7 Å². The van der Waals surface area contributed by atoms with E-state index in [-0.39, 0.29) is 102 Å². The molecule has 1 saturated heterocycles. The van der Waals surface area contributed by atoms with Crippen LogP contribution in [0, 0.1) is 49.4 Å². The molecule has 0 saturated carbocycles. The SMILES string of the molecule is C.CC(=O)ON1C(=O)CCC1=O.COc1ccc(NCN)c(CN(C(C)=O)c2cc(F)ccc2Oc2ccccc2)c1.COc1ccc(NCNC(C)=O)c(CN(C(C)=O)c2cc(F)ccc2Oc2ccccc2)c1.[Ar]. The maximum Gasteiger partial charge on any atom is 0.330 e. The van der Waals surface area contributed by atoms with Crippen molar-refractivity contribution in [2.45, 2.75) is 61.1 Å². The summed E-state index contributed by atoms with van der Waals surface area (Å²) in [6.07, 6.45) is 0.262. The van der Waals surface area contributed by atoms with Crippen LogP contribution in [-0.4, -0.2) is 68.1 Å². The van der Waals surface area contributed by atoms with Gasteiger partial charge in [0.1, 0.15) is 34.6 Å². The van der Waals surface area contributed by atoms with Crippen LogP contribution in [0.4, 0.5) is 31.5 Å². The molecular formula is C55H61ArF2N7O11. The van der Waals surface area contributed by atoms with Crippen LogP contribution in [0.15, 0.2) is 133 Å². The molecule has 1 fully saturated rings. The summed E-state index contributed by atoms with van der Waals surface area (Å²) in [5.74, 6) is -0.178. The van der Waals surface area contributed by atoms with E-state index < -0.39 is 29.4 Å². The standard InChI is InChI=1S/C25H26FN3O4.C23H24FN3O3.C6H7NO4.CH4.Ar/c1-17(30)27-16-28-23-11-10-22(32-3)13-19(23)15-29(18(2)31)24-14-20(26)9-12-25(24)33-21-7-5-4-6-8-21;1-16(28)27(14-17-12-20(29-2)9-10-21(17)26-15-25)22-13-18(24)8-11-23(22)30-19-6-4-3-5-7-19;1-4(8)11-7-5(9)2-3-6(7)10;;/h4-14,28H,15-16H2,1-3H3,(H,27,30);3-13,26H,14-15,25H2,1-2H3;2-3H2,1H3;1H4;. The van der Waals surface area contributed by atoms with E-state index in [9.17, 15) is 37.5 Å². The Hall–Kier alpha value is -7.78. The summed E-state index contributed by atoms with van der Waals surface area (Å²) >= 11 is 0. The fraction of sp³-hybridized carbons (Fsp3) is 0.236. The number of hydrogen-bond acceptors (Lipinski definition) is 14. The topological polar surface area (TPSA) is 220 Å². The molecule has 1 heterocycles. The number of anilines is 4. The Morgan fingerprint density at radius 3 is 1.38 bits per heavy atom. The zero-order valence-corrected chi connectivity index (χ0v) is 42.7. The quantitative estimate of drug-likeness (QED) is 0.0465. The van der Waals surface area contributed by atoms with Crippen LogP contribution >= 0.6 is 0 Å². The predicted octanol–water partition coefficient (Wildman–Crippen LogP) is 9.44. The third-order valence-electron chi connectivity index (χ3n) is 10.5. The summed E-state index contributed by atoms with van der Waals surface area (Å²) < 4.78 is 50.9. The molecule has 404 valence electrons. The molecule has 1 aliphatic rings. The second-order valence-electron chi connectivity index (χ2n) is 15.9. The molecule has 18 nitrogen and oxygen atoms in total. The van der Waals surface area contributed by atoms with Gasteiger partial charge in [-0.2, -0.15) is 0 Å². The van der Waals surface area contributed by atoms with Crippen molar-refractivity contribution in [3.63, 3.8) is 0 Å². The van der Waals surface area contributed by atoms with E-state index in [4.69, 9.17) is 24.7 Å². The number of ether oxygens (including phenoxy) is 4. The van der Waals surface area contributed by atoms with Crippen molar-refractivity contribution in [2.24, 2.45) is 5.73 Å². The maximum absolute atomic E-state index is 14.2. The van der Waals surface area contributed by atoms with Gasteiger partial charge in [0.15, 0.2) is 11.5 Å². The minimum atomic E-state index is -0.659. The Balaban J connectivity index is 0.000000327. The Bertz CT molecular complexity index is 2900. The van der Waals surface area contributed by atoms with E-state index in [1.807, 2.05) is 48.5 Å². The first-order valence-electron chi connectivity index (χ1n) is 22.9. The zero-order chi connectivity index (χ0) is 53.7. The molecule has 0 bridgehead atoms. The molecule has 0 unspecified atom stereocenters. The van der Waals surface area contributed by atoms with Gasteiger partial charge < -0.3 is 55.3 Å².